The van der Waals surface area contributed by atoms with Gasteiger partial charge < -0.3 is 20.0 Å². The van der Waals surface area contributed by atoms with Gasteiger partial charge in [0.25, 0.3) is 5.91 Å². The number of nitrogens with one attached hydrogen (secondary N) is 1. The van der Waals surface area contributed by atoms with Gasteiger partial charge >= 0.3 is 0 Å². The molecule has 2 saturated heterocycles. The SMILES string of the molecule is CN1CCN(c2ccccc2CNC(=O)C2CCCN(C(=O)c3cccs3)C2)CC1. The maximum Gasteiger partial charge on any atom is 0.263 e. The number of carbonyl (C=O) groups is 2. The number of piperidine rings is 1. The van der Waals surface area contributed by atoms with Crippen LogP contribution in [0, 0.1) is 5.92 Å². The third-order valence-corrected chi connectivity index (χ3v) is 6.96. The van der Waals surface area contributed by atoms with Crippen LogP contribution in [0.2, 0.25) is 0 Å². The molecule has 1 atom stereocenters. The van der Waals surface area contributed by atoms with Gasteiger partial charge in [-0.2, -0.15) is 0 Å². The molecule has 2 fully saturated rings. The predicted octanol–water partition coefficient (Wildman–Crippen LogP) is 2.67. The number of thiophene rings is 1. The van der Waals surface area contributed by atoms with E-state index in [-0.39, 0.29) is 17.7 Å². The minimum absolute atomic E-state index is 0.0444. The fourth-order valence-corrected chi connectivity index (χ4v) is 4.97. The molecule has 30 heavy (non-hydrogen) atoms. The van der Waals surface area contributed by atoms with E-state index in [1.165, 1.54) is 17.0 Å². The van der Waals surface area contributed by atoms with Crippen LogP contribution < -0.4 is 10.2 Å². The molecule has 0 saturated carbocycles. The minimum Gasteiger partial charge on any atom is -0.369 e. The lowest BCUT2D eigenvalue weighted by Crippen LogP contribution is -2.46. The summed E-state index contributed by atoms with van der Waals surface area (Å²) in [4.78, 5) is 32.9. The Kier molecular flexibility index (Phi) is 6.69. The predicted molar refractivity (Wildman–Crippen MR) is 121 cm³/mol. The summed E-state index contributed by atoms with van der Waals surface area (Å²) in [6.07, 6.45) is 1.70. The first kappa shape index (κ1) is 20.9. The number of rotatable bonds is 5. The number of hydrogen-bond acceptors (Lipinski definition) is 5. The first-order chi connectivity index (χ1) is 14.6. The third-order valence-electron chi connectivity index (χ3n) is 6.10. The van der Waals surface area contributed by atoms with Gasteiger partial charge in [-0.15, -0.1) is 11.3 Å². The van der Waals surface area contributed by atoms with Gasteiger partial charge in [0, 0.05) is 51.5 Å². The molecule has 0 radical (unpaired) electrons. The van der Waals surface area contributed by atoms with Crippen molar-refractivity contribution in [2.24, 2.45) is 5.92 Å². The summed E-state index contributed by atoms with van der Waals surface area (Å²) < 4.78 is 0. The van der Waals surface area contributed by atoms with Gasteiger partial charge in [0.2, 0.25) is 5.91 Å². The average Bonchev–Trinajstić information content (AvgIpc) is 3.33. The third kappa shape index (κ3) is 4.84. The van der Waals surface area contributed by atoms with Crippen molar-refractivity contribution in [1.29, 1.82) is 0 Å². The molecule has 0 aliphatic carbocycles. The first-order valence-corrected chi connectivity index (χ1v) is 11.6. The Hall–Kier alpha value is -2.38. The Balaban J connectivity index is 1.35. The van der Waals surface area contributed by atoms with Crippen LogP contribution in [0.3, 0.4) is 0 Å². The molecule has 7 heteroatoms. The second-order valence-electron chi connectivity index (χ2n) is 8.20. The molecular weight excluding hydrogens is 396 g/mol. The van der Waals surface area contributed by atoms with Crippen molar-refractivity contribution in [1.82, 2.24) is 15.1 Å². The fraction of sp³-hybridized carbons (Fsp3) is 0.478. The van der Waals surface area contributed by atoms with E-state index in [9.17, 15) is 9.59 Å². The van der Waals surface area contributed by atoms with Gasteiger partial charge in [-0.1, -0.05) is 24.3 Å². The molecule has 2 amide bonds. The highest BCUT2D eigenvalue weighted by molar-refractivity contribution is 7.12. The standard InChI is InChI=1S/C23H30N4O2S/c1-25-11-13-26(14-12-25)20-8-3-2-6-18(20)16-24-22(28)19-7-4-10-27(17-19)23(29)21-9-5-15-30-21/h2-3,5-6,8-9,15,19H,4,7,10-14,16-17H2,1H3,(H,24,28). The Labute approximate surface area is 182 Å². The lowest BCUT2D eigenvalue weighted by molar-refractivity contribution is -0.126. The normalized spacial score (nSPS) is 20.2. The molecule has 6 nitrogen and oxygen atoms in total. The summed E-state index contributed by atoms with van der Waals surface area (Å²) >= 11 is 1.46. The van der Waals surface area contributed by atoms with Crippen LogP contribution in [0.25, 0.3) is 0 Å². The first-order valence-electron chi connectivity index (χ1n) is 10.7. The zero-order valence-electron chi connectivity index (χ0n) is 17.5. The molecule has 2 aliphatic rings. The summed E-state index contributed by atoms with van der Waals surface area (Å²) in [6, 6.07) is 12.1. The maximum absolute atomic E-state index is 12.9. The van der Waals surface area contributed by atoms with E-state index < -0.39 is 0 Å². The molecule has 3 heterocycles. The second kappa shape index (κ2) is 9.62. The number of carbonyl (C=O) groups excluding carboxylic acids is 2. The number of hydrogen-bond donors (Lipinski definition) is 1. The number of likely N-dealkylation sites (N-methyl/N-ethyl adjacent to an activating group) is 1. The fourth-order valence-electron chi connectivity index (χ4n) is 4.27. The summed E-state index contributed by atoms with van der Waals surface area (Å²) in [7, 11) is 2.15. The Bertz CT molecular complexity index is 862. The van der Waals surface area contributed by atoms with Crippen molar-refractivity contribution >= 4 is 28.8 Å². The van der Waals surface area contributed by atoms with Crippen LogP contribution in [-0.2, 0) is 11.3 Å². The van der Waals surface area contributed by atoms with E-state index in [2.05, 4.69) is 40.4 Å². The molecule has 2 aromatic rings. The number of amides is 2. The van der Waals surface area contributed by atoms with Crippen LogP contribution in [0.1, 0.15) is 28.1 Å². The highest BCUT2D eigenvalue weighted by atomic mass is 32.1. The van der Waals surface area contributed by atoms with Gasteiger partial charge in [0.15, 0.2) is 0 Å². The molecular formula is C23H30N4O2S. The number of nitrogens with zero attached hydrogens (tertiary/aromatic N) is 3. The summed E-state index contributed by atoms with van der Waals surface area (Å²) in [5.74, 6) is -0.0479. The lowest BCUT2D eigenvalue weighted by atomic mass is 9.96. The molecule has 1 aromatic carbocycles. The van der Waals surface area contributed by atoms with Gasteiger partial charge in [-0.3, -0.25) is 9.59 Å². The zero-order chi connectivity index (χ0) is 20.9. The molecule has 2 aliphatic heterocycles. The van der Waals surface area contributed by atoms with E-state index in [0.717, 1.165) is 56.0 Å². The molecule has 160 valence electrons. The maximum atomic E-state index is 12.9. The van der Waals surface area contributed by atoms with E-state index in [0.29, 0.717) is 13.1 Å². The van der Waals surface area contributed by atoms with Crippen LogP contribution in [0.5, 0.6) is 0 Å². The van der Waals surface area contributed by atoms with Crippen molar-refractivity contribution in [2.75, 3.05) is 51.2 Å². The Morgan fingerprint density at radius 3 is 2.63 bits per heavy atom. The van der Waals surface area contributed by atoms with E-state index >= 15 is 0 Å². The lowest BCUT2D eigenvalue weighted by Gasteiger charge is -2.35. The van der Waals surface area contributed by atoms with Crippen molar-refractivity contribution in [3.05, 3.63) is 52.2 Å². The second-order valence-corrected chi connectivity index (χ2v) is 9.15. The number of benzene rings is 1. The van der Waals surface area contributed by atoms with Gasteiger partial charge in [0.05, 0.1) is 10.8 Å². The van der Waals surface area contributed by atoms with Crippen molar-refractivity contribution in [2.45, 2.75) is 19.4 Å². The highest BCUT2D eigenvalue weighted by Gasteiger charge is 2.29. The average molecular weight is 427 g/mol. The van der Waals surface area contributed by atoms with Crippen LogP contribution in [0.4, 0.5) is 5.69 Å². The largest absolute Gasteiger partial charge is 0.369 e. The number of para-hydroxylation sites is 1. The molecule has 1 unspecified atom stereocenters. The van der Waals surface area contributed by atoms with E-state index in [4.69, 9.17) is 0 Å². The highest BCUT2D eigenvalue weighted by Crippen LogP contribution is 2.23. The summed E-state index contributed by atoms with van der Waals surface area (Å²) in [5.41, 5.74) is 2.36. The van der Waals surface area contributed by atoms with Crippen LogP contribution >= 0.6 is 11.3 Å². The van der Waals surface area contributed by atoms with Gasteiger partial charge in [-0.25, -0.2) is 0 Å². The minimum atomic E-state index is -0.140. The monoisotopic (exact) mass is 426 g/mol. The Morgan fingerprint density at radius 1 is 1.07 bits per heavy atom. The summed E-state index contributed by atoms with van der Waals surface area (Å²) in [5, 5.41) is 5.06. The van der Waals surface area contributed by atoms with Gasteiger partial charge in [0.1, 0.15) is 0 Å². The van der Waals surface area contributed by atoms with Crippen LogP contribution in [-0.4, -0.2) is 67.9 Å². The number of piperazine rings is 1. The van der Waals surface area contributed by atoms with Crippen molar-refractivity contribution in [3.63, 3.8) is 0 Å². The topological polar surface area (TPSA) is 55.9 Å². The molecule has 1 N–H and O–H groups in total. The molecule has 0 bridgehead atoms. The van der Waals surface area contributed by atoms with Gasteiger partial charge in [-0.05, 0) is 43.0 Å². The molecule has 4 rings (SSSR count). The molecule has 0 spiro atoms. The van der Waals surface area contributed by atoms with E-state index in [1.807, 2.05) is 28.5 Å². The zero-order valence-corrected chi connectivity index (χ0v) is 18.4. The quantitative estimate of drug-likeness (QED) is 0.799. The number of anilines is 1. The smallest absolute Gasteiger partial charge is 0.263 e. The van der Waals surface area contributed by atoms with Crippen LogP contribution in [0.15, 0.2) is 41.8 Å². The number of likely N-dealkylation sites (tertiary alicyclic amines) is 1. The van der Waals surface area contributed by atoms with Crippen molar-refractivity contribution < 1.29 is 9.59 Å². The van der Waals surface area contributed by atoms with Crippen molar-refractivity contribution in [3.8, 4) is 0 Å². The molecule has 1 aromatic heterocycles. The summed E-state index contributed by atoms with van der Waals surface area (Å²) in [6.45, 7) is 5.87. The Morgan fingerprint density at radius 2 is 1.87 bits per heavy atom. The van der Waals surface area contributed by atoms with E-state index in [1.54, 1.807) is 0 Å².